The van der Waals surface area contributed by atoms with E-state index >= 15 is 0 Å². The molecule has 0 radical (unpaired) electrons. The van der Waals surface area contributed by atoms with Crippen LogP contribution in [0.2, 0.25) is 0 Å². The molecular formula is C10H20N2O. The molecule has 0 aliphatic heterocycles. The summed E-state index contributed by atoms with van der Waals surface area (Å²) in [5, 5.41) is 6.07. The Hall–Kier alpha value is -0.570. The van der Waals surface area contributed by atoms with Gasteiger partial charge >= 0.3 is 0 Å². The summed E-state index contributed by atoms with van der Waals surface area (Å²) >= 11 is 0. The molecule has 0 aromatic rings. The van der Waals surface area contributed by atoms with Gasteiger partial charge in [0.1, 0.15) is 0 Å². The van der Waals surface area contributed by atoms with Crippen LogP contribution in [0.4, 0.5) is 0 Å². The van der Waals surface area contributed by atoms with Gasteiger partial charge in [-0.15, -0.1) is 0 Å². The Morgan fingerprint density at radius 1 is 1.46 bits per heavy atom. The van der Waals surface area contributed by atoms with Gasteiger partial charge in [-0.05, 0) is 31.7 Å². The van der Waals surface area contributed by atoms with Gasteiger partial charge in [0, 0.05) is 19.5 Å². The highest BCUT2D eigenvalue weighted by Gasteiger charge is 2.23. The predicted molar refractivity (Wildman–Crippen MR) is 53.5 cm³/mol. The van der Waals surface area contributed by atoms with Crippen LogP contribution < -0.4 is 10.6 Å². The molecule has 3 heteroatoms. The summed E-state index contributed by atoms with van der Waals surface area (Å²) in [5.41, 5.74) is 0. The van der Waals surface area contributed by atoms with Gasteiger partial charge in [-0.2, -0.15) is 0 Å². The predicted octanol–water partition coefficient (Wildman–Crippen LogP) is 0.901. The van der Waals surface area contributed by atoms with Crippen LogP contribution in [-0.4, -0.2) is 25.5 Å². The second-order valence-corrected chi connectivity index (χ2v) is 4.00. The fraction of sp³-hybridized carbons (Fsp3) is 0.900. The van der Waals surface area contributed by atoms with Crippen molar-refractivity contribution in [3.8, 4) is 0 Å². The first kappa shape index (κ1) is 10.5. The topological polar surface area (TPSA) is 41.1 Å². The fourth-order valence-electron chi connectivity index (χ4n) is 1.75. The van der Waals surface area contributed by atoms with E-state index in [4.69, 9.17) is 0 Å². The Bertz CT molecular complexity index is 164. The zero-order valence-electron chi connectivity index (χ0n) is 8.60. The number of carbonyl (C=O) groups is 1. The largest absolute Gasteiger partial charge is 0.359 e. The molecule has 1 aliphatic rings. The Morgan fingerprint density at radius 2 is 2.15 bits per heavy atom. The van der Waals surface area contributed by atoms with E-state index in [0.717, 1.165) is 24.9 Å². The van der Waals surface area contributed by atoms with E-state index in [-0.39, 0.29) is 5.91 Å². The first-order valence-corrected chi connectivity index (χ1v) is 5.16. The molecular weight excluding hydrogens is 164 g/mol. The normalized spacial score (nSPS) is 26.6. The summed E-state index contributed by atoms with van der Waals surface area (Å²) in [6.45, 7) is 3.26. The van der Waals surface area contributed by atoms with Gasteiger partial charge in [-0.1, -0.05) is 6.92 Å². The third-order valence-electron chi connectivity index (χ3n) is 2.67. The number of hydrogen-bond donors (Lipinski definition) is 2. The lowest BCUT2D eigenvalue weighted by molar-refractivity contribution is -0.120. The number of rotatable bonds is 5. The SMILES string of the molecule is CNC(=O)CCCNC1CC(C)C1. The Balaban J connectivity index is 1.87. The van der Waals surface area contributed by atoms with Crippen molar-refractivity contribution in [2.45, 2.75) is 38.6 Å². The lowest BCUT2D eigenvalue weighted by Crippen LogP contribution is -2.40. The number of amides is 1. The second-order valence-electron chi connectivity index (χ2n) is 4.00. The average Bonchev–Trinajstić information content (AvgIpc) is 2.08. The third kappa shape index (κ3) is 3.77. The van der Waals surface area contributed by atoms with Crippen molar-refractivity contribution < 1.29 is 4.79 Å². The Labute approximate surface area is 80.3 Å². The van der Waals surface area contributed by atoms with Crippen molar-refractivity contribution in [1.82, 2.24) is 10.6 Å². The van der Waals surface area contributed by atoms with Crippen molar-refractivity contribution in [3.63, 3.8) is 0 Å². The first-order chi connectivity index (χ1) is 6.22. The molecule has 0 unspecified atom stereocenters. The minimum Gasteiger partial charge on any atom is -0.359 e. The highest BCUT2D eigenvalue weighted by Crippen LogP contribution is 2.25. The van der Waals surface area contributed by atoms with Gasteiger partial charge in [-0.25, -0.2) is 0 Å². The van der Waals surface area contributed by atoms with Gasteiger partial charge in [-0.3, -0.25) is 4.79 Å². The number of nitrogens with one attached hydrogen (secondary N) is 2. The molecule has 0 saturated heterocycles. The van der Waals surface area contributed by atoms with Crippen LogP contribution in [-0.2, 0) is 4.79 Å². The molecule has 0 heterocycles. The Morgan fingerprint density at radius 3 is 2.69 bits per heavy atom. The van der Waals surface area contributed by atoms with Crippen molar-refractivity contribution >= 4 is 5.91 Å². The molecule has 1 fully saturated rings. The third-order valence-corrected chi connectivity index (χ3v) is 2.67. The zero-order chi connectivity index (χ0) is 9.68. The average molecular weight is 184 g/mol. The lowest BCUT2D eigenvalue weighted by Gasteiger charge is -2.33. The van der Waals surface area contributed by atoms with Crippen LogP contribution >= 0.6 is 0 Å². The Kier molecular flexibility index (Phi) is 4.22. The van der Waals surface area contributed by atoms with Gasteiger partial charge < -0.3 is 10.6 Å². The van der Waals surface area contributed by atoms with E-state index in [1.807, 2.05) is 0 Å². The maximum Gasteiger partial charge on any atom is 0.219 e. The molecule has 0 bridgehead atoms. The molecule has 2 N–H and O–H groups in total. The second kappa shape index (κ2) is 5.22. The summed E-state index contributed by atoms with van der Waals surface area (Å²) in [5.74, 6) is 1.04. The minimum absolute atomic E-state index is 0.142. The molecule has 0 spiro atoms. The van der Waals surface area contributed by atoms with E-state index in [9.17, 15) is 4.79 Å². The standard InChI is InChI=1S/C10H20N2O/c1-8-6-9(7-8)12-5-3-4-10(13)11-2/h8-9,12H,3-7H2,1-2H3,(H,11,13). The highest BCUT2D eigenvalue weighted by molar-refractivity contribution is 5.75. The van der Waals surface area contributed by atoms with Crippen LogP contribution in [0, 0.1) is 5.92 Å². The van der Waals surface area contributed by atoms with E-state index in [2.05, 4.69) is 17.6 Å². The van der Waals surface area contributed by atoms with Crippen molar-refractivity contribution in [1.29, 1.82) is 0 Å². The number of carbonyl (C=O) groups excluding carboxylic acids is 1. The van der Waals surface area contributed by atoms with E-state index < -0.39 is 0 Å². The van der Waals surface area contributed by atoms with Crippen LogP contribution in [0.1, 0.15) is 32.6 Å². The van der Waals surface area contributed by atoms with Crippen LogP contribution in [0.25, 0.3) is 0 Å². The summed E-state index contributed by atoms with van der Waals surface area (Å²) in [4.78, 5) is 10.9. The molecule has 76 valence electrons. The van der Waals surface area contributed by atoms with Gasteiger partial charge in [0.2, 0.25) is 5.91 Å². The summed E-state index contributed by atoms with van der Waals surface area (Å²) in [6, 6.07) is 0.722. The van der Waals surface area contributed by atoms with Crippen LogP contribution in [0.3, 0.4) is 0 Å². The van der Waals surface area contributed by atoms with Gasteiger partial charge in [0.25, 0.3) is 0 Å². The van der Waals surface area contributed by atoms with E-state index in [1.165, 1.54) is 12.8 Å². The van der Waals surface area contributed by atoms with E-state index in [0.29, 0.717) is 6.42 Å². The van der Waals surface area contributed by atoms with Crippen molar-refractivity contribution in [2.24, 2.45) is 5.92 Å². The molecule has 1 saturated carbocycles. The minimum atomic E-state index is 0.142. The molecule has 13 heavy (non-hydrogen) atoms. The molecule has 1 aliphatic carbocycles. The monoisotopic (exact) mass is 184 g/mol. The maximum absolute atomic E-state index is 10.9. The van der Waals surface area contributed by atoms with Crippen LogP contribution in [0.5, 0.6) is 0 Å². The van der Waals surface area contributed by atoms with Gasteiger partial charge in [0.15, 0.2) is 0 Å². The molecule has 0 atom stereocenters. The first-order valence-electron chi connectivity index (χ1n) is 5.16. The summed E-state index contributed by atoms with van der Waals surface area (Å²) in [7, 11) is 1.68. The smallest absolute Gasteiger partial charge is 0.219 e. The molecule has 1 rings (SSSR count). The quantitative estimate of drug-likeness (QED) is 0.623. The van der Waals surface area contributed by atoms with Crippen LogP contribution in [0.15, 0.2) is 0 Å². The highest BCUT2D eigenvalue weighted by atomic mass is 16.1. The van der Waals surface area contributed by atoms with E-state index in [1.54, 1.807) is 7.05 Å². The zero-order valence-corrected chi connectivity index (χ0v) is 8.60. The van der Waals surface area contributed by atoms with Crippen molar-refractivity contribution in [2.75, 3.05) is 13.6 Å². The number of hydrogen-bond acceptors (Lipinski definition) is 2. The van der Waals surface area contributed by atoms with Crippen molar-refractivity contribution in [3.05, 3.63) is 0 Å². The molecule has 1 amide bonds. The summed E-state index contributed by atoms with van der Waals surface area (Å²) in [6.07, 6.45) is 4.20. The lowest BCUT2D eigenvalue weighted by atomic mass is 9.82. The summed E-state index contributed by atoms with van der Waals surface area (Å²) < 4.78 is 0. The molecule has 0 aromatic carbocycles. The molecule has 0 aromatic heterocycles. The fourth-order valence-corrected chi connectivity index (χ4v) is 1.75. The maximum atomic E-state index is 10.9. The molecule has 3 nitrogen and oxygen atoms in total. The van der Waals surface area contributed by atoms with Gasteiger partial charge in [0.05, 0.1) is 0 Å².